The standard InChI is InChI=1S/C16H25ClN2S/c1-2-11-18-14-9-5-3-4-6-10-15(14)20-16-13(17)8-7-12-19-16/h7-8,12,14-15,18H,2-6,9-11H2,1H3. The zero-order valence-electron chi connectivity index (χ0n) is 12.3. The highest BCUT2D eigenvalue weighted by Crippen LogP contribution is 2.34. The maximum Gasteiger partial charge on any atom is 0.115 e. The highest BCUT2D eigenvalue weighted by Gasteiger charge is 2.24. The largest absolute Gasteiger partial charge is 0.313 e. The van der Waals surface area contributed by atoms with Gasteiger partial charge in [-0.1, -0.05) is 56.0 Å². The van der Waals surface area contributed by atoms with Gasteiger partial charge in [-0.05, 0) is 37.9 Å². The molecule has 2 unspecified atom stereocenters. The Hall–Kier alpha value is -0.250. The molecule has 1 aliphatic carbocycles. The Bertz CT molecular complexity index is 398. The quantitative estimate of drug-likeness (QED) is 0.835. The fourth-order valence-corrected chi connectivity index (χ4v) is 4.28. The van der Waals surface area contributed by atoms with Gasteiger partial charge in [0.15, 0.2) is 0 Å². The summed E-state index contributed by atoms with van der Waals surface area (Å²) in [5.41, 5.74) is 0. The van der Waals surface area contributed by atoms with E-state index in [9.17, 15) is 0 Å². The third-order valence-electron chi connectivity index (χ3n) is 3.85. The summed E-state index contributed by atoms with van der Waals surface area (Å²) in [6, 6.07) is 4.43. The first kappa shape index (κ1) is 16.1. The zero-order chi connectivity index (χ0) is 14.2. The Morgan fingerprint density at radius 1 is 1.30 bits per heavy atom. The number of rotatable bonds is 5. The summed E-state index contributed by atoms with van der Waals surface area (Å²) < 4.78 is 0. The average molecular weight is 313 g/mol. The molecule has 0 aliphatic heterocycles. The van der Waals surface area contributed by atoms with Crippen LogP contribution < -0.4 is 5.32 Å². The van der Waals surface area contributed by atoms with Crippen LogP contribution >= 0.6 is 23.4 Å². The van der Waals surface area contributed by atoms with Crippen LogP contribution in [0.2, 0.25) is 5.02 Å². The number of hydrogen-bond donors (Lipinski definition) is 1. The van der Waals surface area contributed by atoms with Crippen molar-refractivity contribution >= 4 is 23.4 Å². The van der Waals surface area contributed by atoms with E-state index in [4.69, 9.17) is 11.6 Å². The number of hydrogen-bond acceptors (Lipinski definition) is 3. The lowest BCUT2D eigenvalue weighted by Crippen LogP contribution is -2.39. The lowest BCUT2D eigenvalue weighted by atomic mass is 9.96. The summed E-state index contributed by atoms with van der Waals surface area (Å²) in [4.78, 5) is 4.44. The van der Waals surface area contributed by atoms with Crippen molar-refractivity contribution in [3.05, 3.63) is 23.4 Å². The molecule has 0 amide bonds. The summed E-state index contributed by atoms with van der Waals surface area (Å²) in [6.45, 7) is 3.34. The van der Waals surface area contributed by atoms with Crippen LogP contribution in [-0.4, -0.2) is 22.8 Å². The van der Waals surface area contributed by atoms with Gasteiger partial charge >= 0.3 is 0 Å². The van der Waals surface area contributed by atoms with E-state index in [1.807, 2.05) is 30.1 Å². The van der Waals surface area contributed by atoms with Gasteiger partial charge in [-0.3, -0.25) is 0 Å². The topological polar surface area (TPSA) is 24.9 Å². The molecule has 1 N–H and O–H groups in total. The molecule has 1 aromatic rings. The van der Waals surface area contributed by atoms with Gasteiger partial charge < -0.3 is 5.32 Å². The van der Waals surface area contributed by atoms with E-state index in [1.165, 1.54) is 44.9 Å². The molecule has 1 saturated carbocycles. The van der Waals surface area contributed by atoms with Crippen molar-refractivity contribution in [3.8, 4) is 0 Å². The Labute approximate surface area is 132 Å². The third-order valence-corrected chi connectivity index (χ3v) is 5.68. The van der Waals surface area contributed by atoms with E-state index in [1.54, 1.807) is 0 Å². The Morgan fingerprint density at radius 3 is 2.85 bits per heavy atom. The fraction of sp³-hybridized carbons (Fsp3) is 0.688. The highest BCUT2D eigenvalue weighted by molar-refractivity contribution is 8.00. The second-order valence-corrected chi connectivity index (χ2v) is 7.13. The lowest BCUT2D eigenvalue weighted by molar-refractivity contribution is 0.400. The van der Waals surface area contributed by atoms with Crippen LogP contribution in [0.25, 0.3) is 0 Å². The summed E-state index contributed by atoms with van der Waals surface area (Å²) in [7, 11) is 0. The second-order valence-electron chi connectivity index (χ2n) is 5.50. The Morgan fingerprint density at radius 2 is 2.10 bits per heavy atom. The van der Waals surface area contributed by atoms with Gasteiger partial charge in [0, 0.05) is 17.5 Å². The van der Waals surface area contributed by atoms with Gasteiger partial charge in [0.05, 0.1) is 5.02 Å². The van der Waals surface area contributed by atoms with Crippen LogP contribution in [0.5, 0.6) is 0 Å². The van der Waals surface area contributed by atoms with Crippen molar-refractivity contribution in [2.24, 2.45) is 0 Å². The first-order valence-electron chi connectivity index (χ1n) is 7.82. The minimum atomic E-state index is 0.592. The van der Waals surface area contributed by atoms with E-state index in [0.717, 1.165) is 16.6 Å². The summed E-state index contributed by atoms with van der Waals surface area (Å²) in [5.74, 6) is 0. The number of nitrogens with one attached hydrogen (secondary N) is 1. The molecule has 0 bridgehead atoms. The van der Waals surface area contributed by atoms with Crippen LogP contribution in [0.3, 0.4) is 0 Å². The van der Waals surface area contributed by atoms with Gasteiger partial charge in [0.2, 0.25) is 0 Å². The minimum Gasteiger partial charge on any atom is -0.313 e. The predicted octanol–water partition coefficient (Wildman–Crippen LogP) is 4.92. The molecule has 1 aliphatic rings. The van der Waals surface area contributed by atoms with Crippen molar-refractivity contribution in [2.45, 2.75) is 68.2 Å². The van der Waals surface area contributed by atoms with Crippen molar-refractivity contribution in [2.75, 3.05) is 6.54 Å². The highest BCUT2D eigenvalue weighted by atomic mass is 35.5. The number of nitrogens with zero attached hydrogens (tertiary/aromatic N) is 1. The van der Waals surface area contributed by atoms with E-state index < -0.39 is 0 Å². The van der Waals surface area contributed by atoms with Crippen molar-refractivity contribution in [1.29, 1.82) is 0 Å². The monoisotopic (exact) mass is 312 g/mol. The van der Waals surface area contributed by atoms with E-state index in [-0.39, 0.29) is 0 Å². The molecule has 0 saturated heterocycles. The fourth-order valence-electron chi connectivity index (χ4n) is 2.76. The molecule has 112 valence electrons. The van der Waals surface area contributed by atoms with E-state index >= 15 is 0 Å². The normalized spacial score (nSPS) is 24.1. The molecule has 0 radical (unpaired) electrons. The summed E-state index contributed by atoms with van der Waals surface area (Å²) in [6.07, 6.45) is 11.0. The molecule has 2 nitrogen and oxygen atoms in total. The Kier molecular flexibility index (Phi) is 7.18. The molecular weight excluding hydrogens is 288 g/mol. The predicted molar refractivity (Wildman–Crippen MR) is 88.7 cm³/mol. The first-order chi connectivity index (χ1) is 9.81. The SMILES string of the molecule is CCCNC1CCCCCCC1Sc1ncccc1Cl. The number of pyridine rings is 1. The van der Waals surface area contributed by atoms with Crippen LogP contribution in [0, 0.1) is 0 Å². The molecule has 0 spiro atoms. The third kappa shape index (κ3) is 4.94. The molecule has 4 heteroatoms. The van der Waals surface area contributed by atoms with Gasteiger partial charge in [-0.15, -0.1) is 0 Å². The summed E-state index contributed by atoms with van der Waals surface area (Å²) >= 11 is 8.13. The van der Waals surface area contributed by atoms with Crippen LogP contribution in [0.4, 0.5) is 0 Å². The minimum absolute atomic E-state index is 0.592. The zero-order valence-corrected chi connectivity index (χ0v) is 13.8. The smallest absolute Gasteiger partial charge is 0.115 e. The van der Waals surface area contributed by atoms with Crippen molar-refractivity contribution in [1.82, 2.24) is 10.3 Å². The van der Waals surface area contributed by atoms with Gasteiger partial charge in [0.1, 0.15) is 5.03 Å². The molecule has 20 heavy (non-hydrogen) atoms. The van der Waals surface area contributed by atoms with Crippen molar-refractivity contribution in [3.63, 3.8) is 0 Å². The summed E-state index contributed by atoms with van der Waals surface area (Å²) in [5, 5.41) is 6.10. The molecule has 2 atom stereocenters. The van der Waals surface area contributed by atoms with Crippen LogP contribution in [0.15, 0.2) is 23.4 Å². The van der Waals surface area contributed by atoms with Gasteiger partial charge in [-0.2, -0.15) is 0 Å². The van der Waals surface area contributed by atoms with E-state index in [2.05, 4.69) is 17.2 Å². The Balaban J connectivity index is 2.04. The first-order valence-corrected chi connectivity index (χ1v) is 9.07. The number of halogens is 1. The molecular formula is C16H25ClN2S. The van der Waals surface area contributed by atoms with Crippen LogP contribution in [0.1, 0.15) is 51.9 Å². The van der Waals surface area contributed by atoms with Gasteiger partial charge in [-0.25, -0.2) is 4.98 Å². The van der Waals surface area contributed by atoms with Crippen molar-refractivity contribution < 1.29 is 0 Å². The van der Waals surface area contributed by atoms with Crippen LogP contribution in [-0.2, 0) is 0 Å². The lowest BCUT2D eigenvalue weighted by Gasteiger charge is -2.29. The second kappa shape index (κ2) is 8.91. The molecule has 1 heterocycles. The van der Waals surface area contributed by atoms with Gasteiger partial charge in [0.25, 0.3) is 0 Å². The average Bonchev–Trinajstić information content (AvgIpc) is 2.43. The maximum absolute atomic E-state index is 6.26. The molecule has 2 rings (SSSR count). The molecule has 1 fully saturated rings. The number of aromatic nitrogens is 1. The molecule has 1 aromatic heterocycles. The van der Waals surface area contributed by atoms with E-state index in [0.29, 0.717) is 11.3 Å². The molecule has 0 aromatic carbocycles. The maximum atomic E-state index is 6.26. The number of thioether (sulfide) groups is 1.